The summed E-state index contributed by atoms with van der Waals surface area (Å²) in [5.41, 5.74) is 6.61. The molecule has 0 aliphatic rings. The van der Waals surface area contributed by atoms with Gasteiger partial charge in [-0.1, -0.05) is 0 Å². The Balaban J connectivity index is 2.89. The maximum Gasteiger partial charge on any atom is 0.242 e. The van der Waals surface area contributed by atoms with Gasteiger partial charge in [-0.2, -0.15) is 0 Å². The standard InChI is InChI=1S/C16H27N3O2/c1-12(2)18-16(20)13(3)19(11-5-10-17)14-6-8-15(21-4)9-7-14/h6-9,12-13H,5,10-11,17H2,1-4H3,(H,18,20). The number of nitrogens with two attached hydrogens (primary N) is 1. The van der Waals surface area contributed by atoms with Crippen LogP contribution in [-0.2, 0) is 4.79 Å². The van der Waals surface area contributed by atoms with Crippen molar-refractivity contribution in [3.8, 4) is 5.75 Å². The number of ether oxygens (including phenoxy) is 1. The third-order valence-corrected chi connectivity index (χ3v) is 3.29. The van der Waals surface area contributed by atoms with Crippen molar-refractivity contribution in [1.29, 1.82) is 0 Å². The highest BCUT2D eigenvalue weighted by molar-refractivity contribution is 5.85. The molecule has 0 aliphatic heterocycles. The van der Waals surface area contributed by atoms with E-state index in [1.165, 1.54) is 0 Å². The average Bonchev–Trinajstić information content (AvgIpc) is 2.47. The number of methoxy groups -OCH3 is 1. The van der Waals surface area contributed by atoms with Crippen molar-refractivity contribution in [3.05, 3.63) is 24.3 Å². The van der Waals surface area contributed by atoms with E-state index >= 15 is 0 Å². The molecule has 0 radical (unpaired) electrons. The van der Waals surface area contributed by atoms with Crippen LogP contribution >= 0.6 is 0 Å². The van der Waals surface area contributed by atoms with E-state index in [0.29, 0.717) is 6.54 Å². The number of benzene rings is 1. The smallest absolute Gasteiger partial charge is 0.242 e. The van der Waals surface area contributed by atoms with Gasteiger partial charge in [0.2, 0.25) is 5.91 Å². The van der Waals surface area contributed by atoms with Crippen LogP contribution in [0.5, 0.6) is 5.75 Å². The van der Waals surface area contributed by atoms with Crippen molar-refractivity contribution in [2.45, 2.75) is 39.3 Å². The van der Waals surface area contributed by atoms with Gasteiger partial charge in [0.1, 0.15) is 11.8 Å². The summed E-state index contributed by atoms with van der Waals surface area (Å²) in [5, 5.41) is 2.96. The molecule has 0 saturated heterocycles. The van der Waals surface area contributed by atoms with Gasteiger partial charge in [-0.15, -0.1) is 0 Å². The first-order chi connectivity index (χ1) is 9.99. The van der Waals surface area contributed by atoms with Crippen LogP contribution in [0.15, 0.2) is 24.3 Å². The summed E-state index contributed by atoms with van der Waals surface area (Å²) >= 11 is 0. The minimum absolute atomic E-state index is 0.0258. The fourth-order valence-corrected chi connectivity index (χ4v) is 2.13. The zero-order valence-corrected chi connectivity index (χ0v) is 13.4. The number of hydrogen-bond donors (Lipinski definition) is 2. The van der Waals surface area contributed by atoms with Gasteiger partial charge in [0.15, 0.2) is 0 Å². The van der Waals surface area contributed by atoms with Crippen molar-refractivity contribution < 1.29 is 9.53 Å². The maximum atomic E-state index is 12.2. The molecule has 5 nitrogen and oxygen atoms in total. The number of hydrogen-bond acceptors (Lipinski definition) is 4. The van der Waals surface area contributed by atoms with Crippen LogP contribution in [0.2, 0.25) is 0 Å². The Morgan fingerprint density at radius 3 is 2.38 bits per heavy atom. The van der Waals surface area contributed by atoms with Crippen LogP contribution in [0.1, 0.15) is 27.2 Å². The van der Waals surface area contributed by atoms with E-state index in [0.717, 1.165) is 24.4 Å². The highest BCUT2D eigenvalue weighted by atomic mass is 16.5. The van der Waals surface area contributed by atoms with E-state index in [9.17, 15) is 4.79 Å². The number of nitrogens with one attached hydrogen (secondary N) is 1. The van der Waals surface area contributed by atoms with Gasteiger partial charge in [-0.05, 0) is 58.0 Å². The minimum atomic E-state index is -0.243. The molecule has 1 atom stereocenters. The zero-order valence-electron chi connectivity index (χ0n) is 13.4. The molecule has 3 N–H and O–H groups in total. The molecular weight excluding hydrogens is 266 g/mol. The first-order valence-electron chi connectivity index (χ1n) is 7.40. The van der Waals surface area contributed by atoms with Crippen molar-refractivity contribution in [2.75, 3.05) is 25.1 Å². The molecule has 118 valence electrons. The van der Waals surface area contributed by atoms with Gasteiger partial charge in [0.05, 0.1) is 7.11 Å². The second kappa shape index (κ2) is 8.52. The number of anilines is 1. The van der Waals surface area contributed by atoms with E-state index in [4.69, 9.17) is 10.5 Å². The SMILES string of the molecule is COc1ccc(N(CCCN)C(C)C(=O)NC(C)C)cc1. The number of carbonyl (C=O) groups excluding carboxylic acids is 1. The van der Waals surface area contributed by atoms with Gasteiger partial charge in [-0.3, -0.25) is 4.79 Å². The summed E-state index contributed by atoms with van der Waals surface area (Å²) in [5.74, 6) is 0.828. The molecule has 1 rings (SSSR count). The molecule has 21 heavy (non-hydrogen) atoms. The highest BCUT2D eigenvalue weighted by Gasteiger charge is 2.21. The molecule has 5 heteroatoms. The fraction of sp³-hybridized carbons (Fsp3) is 0.562. The van der Waals surface area contributed by atoms with Crippen molar-refractivity contribution in [3.63, 3.8) is 0 Å². The number of nitrogens with zero attached hydrogens (tertiary/aromatic N) is 1. The van der Waals surface area contributed by atoms with E-state index in [1.54, 1.807) is 7.11 Å². The molecule has 1 unspecified atom stereocenters. The predicted octanol–water partition coefficient (Wildman–Crippen LogP) is 1.76. The molecular formula is C16H27N3O2. The first kappa shape index (κ1) is 17.3. The summed E-state index contributed by atoms with van der Waals surface area (Å²) in [7, 11) is 1.64. The molecule has 1 amide bonds. The Labute approximate surface area is 127 Å². The minimum Gasteiger partial charge on any atom is -0.497 e. The predicted molar refractivity (Wildman–Crippen MR) is 86.8 cm³/mol. The Bertz CT molecular complexity index is 432. The Morgan fingerprint density at radius 1 is 1.29 bits per heavy atom. The van der Waals surface area contributed by atoms with Crippen LogP contribution in [0, 0.1) is 0 Å². The molecule has 0 aliphatic carbocycles. The number of rotatable bonds is 8. The molecule has 0 heterocycles. The van der Waals surface area contributed by atoms with Gasteiger partial charge in [0, 0.05) is 18.3 Å². The fourth-order valence-electron chi connectivity index (χ4n) is 2.13. The number of amides is 1. The van der Waals surface area contributed by atoms with Gasteiger partial charge >= 0.3 is 0 Å². The molecule has 1 aromatic carbocycles. The first-order valence-corrected chi connectivity index (χ1v) is 7.40. The molecule has 0 bridgehead atoms. The van der Waals surface area contributed by atoms with Crippen molar-refractivity contribution in [2.24, 2.45) is 5.73 Å². The maximum absolute atomic E-state index is 12.2. The van der Waals surface area contributed by atoms with Crippen molar-refractivity contribution >= 4 is 11.6 Å². The Morgan fingerprint density at radius 2 is 1.90 bits per heavy atom. The van der Waals surface area contributed by atoms with Gasteiger partial charge in [0.25, 0.3) is 0 Å². The molecule has 1 aromatic rings. The summed E-state index contributed by atoms with van der Waals surface area (Å²) in [6.07, 6.45) is 0.839. The Kier molecular flexibility index (Phi) is 7.02. The molecule has 0 saturated carbocycles. The van der Waals surface area contributed by atoms with E-state index < -0.39 is 0 Å². The van der Waals surface area contributed by atoms with Crippen LogP contribution in [-0.4, -0.2) is 38.2 Å². The average molecular weight is 293 g/mol. The lowest BCUT2D eigenvalue weighted by atomic mass is 10.1. The van der Waals surface area contributed by atoms with Gasteiger partial charge in [-0.25, -0.2) is 0 Å². The van der Waals surface area contributed by atoms with Crippen LogP contribution < -0.4 is 20.7 Å². The third-order valence-electron chi connectivity index (χ3n) is 3.29. The van der Waals surface area contributed by atoms with E-state index in [2.05, 4.69) is 10.2 Å². The lowest BCUT2D eigenvalue weighted by Crippen LogP contribution is -2.47. The lowest BCUT2D eigenvalue weighted by molar-refractivity contribution is -0.122. The zero-order chi connectivity index (χ0) is 15.8. The third kappa shape index (κ3) is 5.27. The number of carbonyl (C=O) groups is 1. The Hall–Kier alpha value is -1.75. The van der Waals surface area contributed by atoms with Gasteiger partial charge < -0.3 is 20.7 Å². The molecule has 0 spiro atoms. The van der Waals surface area contributed by atoms with E-state index in [1.807, 2.05) is 45.0 Å². The van der Waals surface area contributed by atoms with E-state index in [-0.39, 0.29) is 18.0 Å². The van der Waals surface area contributed by atoms with Crippen molar-refractivity contribution in [1.82, 2.24) is 5.32 Å². The normalized spacial score (nSPS) is 12.1. The summed E-state index contributed by atoms with van der Waals surface area (Å²) in [4.78, 5) is 14.3. The summed E-state index contributed by atoms with van der Waals surface area (Å²) in [6.45, 7) is 7.18. The summed E-state index contributed by atoms with van der Waals surface area (Å²) in [6, 6.07) is 7.62. The second-order valence-corrected chi connectivity index (χ2v) is 5.37. The molecule has 0 aromatic heterocycles. The quantitative estimate of drug-likeness (QED) is 0.766. The largest absolute Gasteiger partial charge is 0.497 e. The second-order valence-electron chi connectivity index (χ2n) is 5.37. The highest BCUT2D eigenvalue weighted by Crippen LogP contribution is 2.21. The van der Waals surface area contributed by atoms with Crippen LogP contribution in [0.25, 0.3) is 0 Å². The van der Waals surface area contributed by atoms with Crippen LogP contribution in [0.4, 0.5) is 5.69 Å². The lowest BCUT2D eigenvalue weighted by Gasteiger charge is -2.31. The van der Waals surface area contributed by atoms with Crippen LogP contribution in [0.3, 0.4) is 0 Å². The molecule has 0 fully saturated rings. The topological polar surface area (TPSA) is 67.6 Å². The monoisotopic (exact) mass is 293 g/mol. The summed E-state index contributed by atoms with van der Waals surface area (Å²) < 4.78 is 5.17.